The first-order valence-electron chi connectivity index (χ1n) is 6.65. The highest BCUT2D eigenvalue weighted by Gasteiger charge is 2.07. The molecule has 2 rings (SSSR count). The van der Waals surface area contributed by atoms with E-state index in [1.807, 2.05) is 18.2 Å². The Morgan fingerprint density at radius 1 is 1.21 bits per heavy atom. The largest absolute Gasteiger partial charge is 0.497 e. The van der Waals surface area contributed by atoms with E-state index in [2.05, 4.69) is 22.4 Å². The smallest absolute Gasteiger partial charge is 0.126 e. The molecule has 1 saturated heterocycles. The van der Waals surface area contributed by atoms with Crippen molar-refractivity contribution in [2.24, 2.45) is 0 Å². The molecule has 104 valence electrons. The van der Waals surface area contributed by atoms with E-state index < -0.39 is 0 Å². The Labute approximate surface area is 115 Å². The number of hydrogen-bond donors (Lipinski definition) is 1. The van der Waals surface area contributed by atoms with Gasteiger partial charge in [-0.3, -0.25) is 4.90 Å². The summed E-state index contributed by atoms with van der Waals surface area (Å²) in [4.78, 5) is 2.43. The molecule has 0 atom stereocenters. The van der Waals surface area contributed by atoms with Gasteiger partial charge >= 0.3 is 0 Å². The predicted octanol–water partition coefficient (Wildman–Crippen LogP) is 1.62. The molecule has 1 aromatic carbocycles. The highest BCUT2D eigenvalue weighted by atomic mass is 16.5. The van der Waals surface area contributed by atoms with E-state index in [0.29, 0.717) is 0 Å². The molecule has 0 bridgehead atoms. The van der Waals surface area contributed by atoms with Crippen LogP contribution in [0.5, 0.6) is 11.5 Å². The molecule has 1 aromatic rings. The first-order chi connectivity index (χ1) is 9.33. The third kappa shape index (κ3) is 3.98. The number of benzene rings is 1. The molecule has 0 aliphatic carbocycles. The Morgan fingerprint density at radius 2 is 2.00 bits per heavy atom. The Kier molecular flexibility index (Phi) is 5.24. The van der Waals surface area contributed by atoms with Crippen molar-refractivity contribution in [1.29, 1.82) is 0 Å². The second-order valence-corrected chi connectivity index (χ2v) is 4.56. The van der Waals surface area contributed by atoms with Crippen molar-refractivity contribution in [2.45, 2.75) is 0 Å². The van der Waals surface area contributed by atoms with Gasteiger partial charge in [0.25, 0.3) is 0 Å². The number of nitrogens with one attached hydrogen (secondary N) is 1. The van der Waals surface area contributed by atoms with Crippen LogP contribution in [0.2, 0.25) is 0 Å². The van der Waals surface area contributed by atoms with Crippen LogP contribution in [0.4, 0.5) is 0 Å². The van der Waals surface area contributed by atoms with Gasteiger partial charge < -0.3 is 14.8 Å². The van der Waals surface area contributed by atoms with Crippen LogP contribution in [-0.4, -0.2) is 51.8 Å². The molecule has 4 heteroatoms. The van der Waals surface area contributed by atoms with E-state index in [4.69, 9.17) is 9.47 Å². The Bertz CT molecular complexity index is 426. The molecule has 19 heavy (non-hydrogen) atoms. The van der Waals surface area contributed by atoms with E-state index in [9.17, 15) is 0 Å². The second kappa shape index (κ2) is 7.16. The molecule has 1 N–H and O–H groups in total. The average molecular weight is 262 g/mol. The van der Waals surface area contributed by atoms with Crippen molar-refractivity contribution in [3.63, 3.8) is 0 Å². The summed E-state index contributed by atoms with van der Waals surface area (Å²) in [6, 6.07) is 5.84. The molecule has 1 fully saturated rings. The third-order valence-corrected chi connectivity index (χ3v) is 3.31. The molecule has 0 aromatic heterocycles. The van der Waals surface area contributed by atoms with Gasteiger partial charge in [-0.25, -0.2) is 0 Å². The summed E-state index contributed by atoms with van der Waals surface area (Å²) in [5.41, 5.74) is 1.05. The highest BCUT2D eigenvalue weighted by Crippen LogP contribution is 2.25. The first kappa shape index (κ1) is 13.9. The fraction of sp³-hybridized carbons (Fsp3) is 0.467. The van der Waals surface area contributed by atoms with Crippen LogP contribution in [0.3, 0.4) is 0 Å². The lowest BCUT2D eigenvalue weighted by molar-refractivity contribution is 0.265. The van der Waals surface area contributed by atoms with Gasteiger partial charge in [-0.15, -0.1) is 0 Å². The van der Waals surface area contributed by atoms with Crippen molar-refractivity contribution in [3.05, 3.63) is 29.8 Å². The third-order valence-electron chi connectivity index (χ3n) is 3.31. The zero-order valence-electron chi connectivity index (χ0n) is 11.7. The van der Waals surface area contributed by atoms with E-state index in [1.165, 1.54) is 0 Å². The van der Waals surface area contributed by atoms with Crippen molar-refractivity contribution in [1.82, 2.24) is 10.2 Å². The van der Waals surface area contributed by atoms with E-state index >= 15 is 0 Å². The number of rotatable bonds is 5. The monoisotopic (exact) mass is 262 g/mol. The topological polar surface area (TPSA) is 33.7 Å². The lowest BCUT2D eigenvalue weighted by Gasteiger charge is -2.25. The fourth-order valence-electron chi connectivity index (χ4n) is 2.19. The summed E-state index contributed by atoms with van der Waals surface area (Å²) in [6.07, 6.45) is 4.28. The van der Waals surface area contributed by atoms with Crippen LogP contribution < -0.4 is 14.8 Å². The second-order valence-electron chi connectivity index (χ2n) is 4.56. The molecule has 0 spiro atoms. The molecular weight excluding hydrogens is 240 g/mol. The predicted molar refractivity (Wildman–Crippen MR) is 77.9 cm³/mol. The maximum atomic E-state index is 5.36. The lowest BCUT2D eigenvalue weighted by atomic mass is 10.1. The van der Waals surface area contributed by atoms with Gasteiger partial charge in [0.2, 0.25) is 0 Å². The molecule has 0 amide bonds. The quantitative estimate of drug-likeness (QED) is 0.874. The van der Waals surface area contributed by atoms with Gasteiger partial charge in [-0.05, 0) is 18.2 Å². The minimum Gasteiger partial charge on any atom is -0.497 e. The summed E-state index contributed by atoms with van der Waals surface area (Å²) in [5, 5.41) is 3.35. The number of ether oxygens (including phenoxy) is 2. The highest BCUT2D eigenvalue weighted by molar-refractivity contribution is 5.59. The van der Waals surface area contributed by atoms with Crippen LogP contribution in [0.25, 0.3) is 6.08 Å². The molecule has 0 radical (unpaired) electrons. The fourth-order valence-corrected chi connectivity index (χ4v) is 2.19. The summed E-state index contributed by atoms with van der Waals surface area (Å²) < 4.78 is 10.6. The van der Waals surface area contributed by atoms with Crippen molar-refractivity contribution < 1.29 is 9.47 Å². The molecule has 1 aliphatic rings. The van der Waals surface area contributed by atoms with Crippen LogP contribution >= 0.6 is 0 Å². The van der Waals surface area contributed by atoms with Crippen molar-refractivity contribution >= 4 is 6.08 Å². The van der Waals surface area contributed by atoms with Crippen molar-refractivity contribution in [3.8, 4) is 11.5 Å². The Morgan fingerprint density at radius 3 is 2.68 bits per heavy atom. The van der Waals surface area contributed by atoms with Gasteiger partial charge in [0.15, 0.2) is 0 Å². The molecule has 4 nitrogen and oxygen atoms in total. The number of piperazine rings is 1. The van der Waals surface area contributed by atoms with Gasteiger partial charge in [-0.2, -0.15) is 0 Å². The molecule has 0 unspecified atom stereocenters. The average Bonchev–Trinajstić information content (AvgIpc) is 2.48. The summed E-state index contributed by atoms with van der Waals surface area (Å²) >= 11 is 0. The number of methoxy groups -OCH3 is 2. The Balaban J connectivity index is 1.99. The zero-order chi connectivity index (χ0) is 13.5. The molecule has 1 heterocycles. The lowest BCUT2D eigenvalue weighted by Crippen LogP contribution is -2.43. The molecule has 0 saturated carbocycles. The van der Waals surface area contributed by atoms with Crippen LogP contribution in [0, 0.1) is 0 Å². The van der Waals surface area contributed by atoms with E-state index in [1.54, 1.807) is 14.2 Å². The summed E-state index contributed by atoms with van der Waals surface area (Å²) in [5.74, 6) is 1.72. The maximum absolute atomic E-state index is 5.36. The van der Waals surface area contributed by atoms with E-state index in [-0.39, 0.29) is 0 Å². The minimum atomic E-state index is 0.850. The minimum absolute atomic E-state index is 0.850. The van der Waals surface area contributed by atoms with Crippen LogP contribution in [-0.2, 0) is 0 Å². The first-order valence-corrected chi connectivity index (χ1v) is 6.65. The van der Waals surface area contributed by atoms with Gasteiger partial charge in [0, 0.05) is 38.3 Å². The Hall–Kier alpha value is -1.52. The summed E-state index contributed by atoms with van der Waals surface area (Å²) in [6.45, 7) is 5.36. The normalized spacial score (nSPS) is 16.7. The van der Waals surface area contributed by atoms with Gasteiger partial charge in [0.1, 0.15) is 11.5 Å². The SMILES string of the molecule is COc1ccc(OC)c(/C=C/CN2CCNCC2)c1. The number of hydrogen-bond acceptors (Lipinski definition) is 4. The standard InChI is InChI=1S/C15H22N2O2/c1-18-14-5-6-15(19-2)13(12-14)4-3-9-17-10-7-16-8-11-17/h3-6,12,16H,7-11H2,1-2H3/b4-3+. The maximum Gasteiger partial charge on any atom is 0.126 e. The van der Waals surface area contributed by atoms with Crippen LogP contribution in [0.15, 0.2) is 24.3 Å². The molecular formula is C15H22N2O2. The van der Waals surface area contributed by atoms with E-state index in [0.717, 1.165) is 49.8 Å². The van der Waals surface area contributed by atoms with Crippen LogP contribution in [0.1, 0.15) is 5.56 Å². The summed E-state index contributed by atoms with van der Waals surface area (Å²) in [7, 11) is 3.37. The van der Waals surface area contributed by atoms with Crippen molar-refractivity contribution in [2.75, 3.05) is 46.9 Å². The van der Waals surface area contributed by atoms with Gasteiger partial charge in [-0.1, -0.05) is 12.2 Å². The molecule has 1 aliphatic heterocycles. The zero-order valence-corrected chi connectivity index (χ0v) is 11.7. The van der Waals surface area contributed by atoms with Gasteiger partial charge in [0.05, 0.1) is 14.2 Å². The number of nitrogens with zero attached hydrogens (tertiary/aromatic N) is 1.